The van der Waals surface area contributed by atoms with Gasteiger partial charge in [-0.2, -0.15) is 13.2 Å². The zero-order chi connectivity index (χ0) is 12.3. The lowest BCUT2D eigenvalue weighted by Crippen LogP contribution is -2.18. The van der Waals surface area contributed by atoms with Gasteiger partial charge in [-0.05, 0) is 36.1 Å². The second-order valence-electron chi connectivity index (χ2n) is 4.21. The Bertz CT molecular complexity index is 327. The number of benzene rings is 1. The molecule has 1 rings (SSSR count). The zero-order valence-electron chi connectivity index (χ0n) is 9.38. The number of hydrogen-bond acceptors (Lipinski definition) is 1. The maximum absolute atomic E-state index is 12.3. The molecule has 0 radical (unpaired) electrons. The monoisotopic (exact) mass is 231 g/mol. The van der Waals surface area contributed by atoms with Crippen LogP contribution in [0.25, 0.3) is 0 Å². The Balaban J connectivity index is 2.94. The topological polar surface area (TPSA) is 26.0 Å². The summed E-state index contributed by atoms with van der Waals surface area (Å²) in [5.41, 5.74) is 5.86. The Morgan fingerprint density at radius 2 is 1.62 bits per heavy atom. The average molecular weight is 231 g/mol. The fourth-order valence-electron chi connectivity index (χ4n) is 1.71. The molecule has 1 unspecified atom stereocenters. The Labute approximate surface area is 93.5 Å². The first-order valence-corrected chi connectivity index (χ1v) is 5.23. The molecule has 4 heteroatoms. The van der Waals surface area contributed by atoms with Gasteiger partial charge in [0.1, 0.15) is 0 Å². The lowest BCUT2D eigenvalue weighted by Gasteiger charge is -2.19. The van der Waals surface area contributed by atoms with Gasteiger partial charge in [-0.15, -0.1) is 0 Å². The van der Waals surface area contributed by atoms with Crippen LogP contribution in [0.15, 0.2) is 24.3 Å². The molecule has 0 saturated heterocycles. The van der Waals surface area contributed by atoms with E-state index in [1.165, 1.54) is 12.1 Å². The lowest BCUT2D eigenvalue weighted by atomic mass is 9.88. The minimum Gasteiger partial charge on any atom is -0.330 e. The van der Waals surface area contributed by atoms with Crippen molar-refractivity contribution >= 4 is 0 Å². The van der Waals surface area contributed by atoms with Gasteiger partial charge in [0.25, 0.3) is 0 Å². The molecule has 2 N–H and O–H groups in total. The summed E-state index contributed by atoms with van der Waals surface area (Å²) in [4.78, 5) is 0. The highest BCUT2D eigenvalue weighted by Gasteiger charge is 2.30. The first kappa shape index (κ1) is 13.0. The molecule has 1 atom stereocenters. The summed E-state index contributed by atoms with van der Waals surface area (Å²) in [6.07, 6.45) is -4.27. The predicted molar refractivity (Wildman–Crippen MR) is 58.1 cm³/mol. The number of hydrogen-bond donors (Lipinski definition) is 1. The normalized spacial score (nSPS) is 14.2. The fraction of sp³-hybridized carbons (Fsp3) is 0.500. The largest absolute Gasteiger partial charge is 0.416 e. The van der Waals surface area contributed by atoms with Crippen LogP contribution in [0, 0.1) is 5.92 Å². The van der Waals surface area contributed by atoms with Gasteiger partial charge in [-0.1, -0.05) is 26.0 Å². The van der Waals surface area contributed by atoms with E-state index in [9.17, 15) is 13.2 Å². The third-order valence-electron chi connectivity index (χ3n) is 2.72. The van der Waals surface area contributed by atoms with Crippen molar-refractivity contribution in [1.82, 2.24) is 0 Å². The van der Waals surface area contributed by atoms with Gasteiger partial charge >= 0.3 is 6.18 Å². The summed E-state index contributed by atoms with van der Waals surface area (Å²) >= 11 is 0. The summed E-state index contributed by atoms with van der Waals surface area (Å²) in [5.74, 6) is 0.434. The third kappa shape index (κ3) is 2.98. The molecule has 90 valence electrons. The van der Waals surface area contributed by atoms with E-state index in [0.29, 0.717) is 12.5 Å². The lowest BCUT2D eigenvalue weighted by molar-refractivity contribution is -0.137. The first-order valence-electron chi connectivity index (χ1n) is 5.23. The van der Waals surface area contributed by atoms with Gasteiger partial charge < -0.3 is 5.73 Å². The van der Waals surface area contributed by atoms with E-state index < -0.39 is 11.7 Å². The van der Waals surface area contributed by atoms with Gasteiger partial charge in [-0.25, -0.2) is 0 Å². The molecule has 0 aliphatic carbocycles. The Morgan fingerprint density at radius 3 is 1.94 bits per heavy atom. The van der Waals surface area contributed by atoms with Crippen molar-refractivity contribution in [2.45, 2.75) is 25.9 Å². The minimum absolute atomic E-state index is 0.113. The van der Waals surface area contributed by atoms with E-state index >= 15 is 0 Å². The van der Waals surface area contributed by atoms with E-state index in [4.69, 9.17) is 5.73 Å². The molecule has 0 saturated carbocycles. The van der Waals surface area contributed by atoms with Crippen molar-refractivity contribution in [3.05, 3.63) is 35.4 Å². The molecule has 16 heavy (non-hydrogen) atoms. The molecular weight excluding hydrogens is 215 g/mol. The van der Waals surface area contributed by atoms with Crippen LogP contribution in [0.4, 0.5) is 13.2 Å². The third-order valence-corrected chi connectivity index (χ3v) is 2.72. The molecular formula is C12H16F3N. The van der Waals surface area contributed by atoms with Crippen LogP contribution in [0.1, 0.15) is 30.9 Å². The minimum atomic E-state index is -4.27. The fourth-order valence-corrected chi connectivity index (χ4v) is 1.71. The van der Waals surface area contributed by atoms with Gasteiger partial charge in [0, 0.05) is 0 Å². The smallest absolute Gasteiger partial charge is 0.330 e. The molecule has 0 bridgehead atoms. The van der Waals surface area contributed by atoms with E-state index in [0.717, 1.165) is 17.7 Å². The molecule has 0 aliphatic rings. The van der Waals surface area contributed by atoms with E-state index in [1.807, 2.05) is 13.8 Å². The first-order chi connectivity index (χ1) is 7.36. The quantitative estimate of drug-likeness (QED) is 0.847. The Kier molecular flexibility index (Phi) is 3.97. The summed E-state index contributed by atoms with van der Waals surface area (Å²) in [6, 6.07) is 5.25. The van der Waals surface area contributed by atoms with Crippen LogP contribution in [-0.2, 0) is 6.18 Å². The van der Waals surface area contributed by atoms with Gasteiger partial charge in [0.2, 0.25) is 0 Å². The van der Waals surface area contributed by atoms with Crippen LogP contribution in [0.2, 0.25) is 0 Å². The maximum Gasteiger partial charge on any atom is 0.416 e. The van der Waals surface area contributed by atoms with Crippen LogP contribution < -0.4 is 5.73 Å². The molecule has 0 heterocycles. The van der Waals surface area contributed by atoms with Crippen LogP contribution in [0.5, 0.6) is 0 Å². The molecule has 1 aromatic carbocycles. The SMILES string of the molecule is CC(C)C(CN)c1ccc(C(F)(F)F)cc1. The van der Waals surface area contributed by atoms with Crippen molar-refractivity contribution in [3.63, 3.8) is 0 Å². The van der Waals surface area contributed by atoms with Crippen molar-refractivity contribution in [2.24, 2.45) is 11.7 Å². The van der Waals surface area contributed by atoms with Crippen LogP contribution >= 0.6 is 0 Å². The van der Waals surface area contributed by atoms with Crippen molar-refractivity contribution in [1.29, 1.82) is 0 Å². The zero-order valence-corrected chi connectivity index (χ0v) is 9.38. The standard InChI is InChI=1S/C12H16F3N/c1-8(2)11(7-16)9-3-5-10(6-4-9)12(13,14)15/h3-6,8,11H,7,16H2,1-2H3. The van der Waals surface area contributed by atoms with Crippen molar-refractivity contribution in [2.75, 3.05) is 6.54 Å². The highest BCUT2D eigenvalue weighted by molar-refractivity contribution is 5.27. The van der Waals surface area contributed by atoms with E-state index in [2.05, 4.69) is 0 Å². The van der Waals surface area contributed by atoms with E-state index in [1.54, 1.807) is 0 Å². The van der Waals surface area contributed by atoms with Gasteiger partial charge in [0.15, 0.2) is 0 Å². The van der Waals surface area contributed by atoms with E-state index in [-0.39, 0.29) is 5.92 Å². The highest BCUT2D eigenvalue weighted by Crippen LogP contribution is 2.31. The molecule has 1 nitrogen and oxygen atoms in total. The Hall–Kier alpha value is -1.03. The molecule has 0 fully saturated rings. The van der Waals surface area contributed by atoms with Crippen LogP contribution in [-0.4, -0.2) is 6.54 Å². The molecule has 1 aromatic rings. The van der Waals surface area contributed by atoms with Crippen molar-refractivity contribution in [3.8, 4) is 0 Å². The maximum atomic E-state index is 12.3. The van der Waals surface area contributed by atoms with Crippen molar-refractivity contribution < 1.29 is 13.2 Å². The second kappa shape index (κ2) is 4.87. The molecule has 0 amide bonds. The predicted octanol–water partition coefficient (Wildman–Crippen LogP) is 3.40. The number of rotatable bonds is 3. The average Bonchev–Trinajstić information content (AvgIpc) is 2.17. The molecule has 0 aliphatic heterocycles. The number of nitrogens with two attached hydrogens (primary N) is 1. The molecule has 0 aromatic heterocycles. The summed E-state index contributed by atoms with van der Waals surface area (Å²) in [5, 5.41) is 0. The number of halogens is 3. The second-order valence-corrected chi connectivity index (χ2v) is 4.21. The summed E-state index contributed by atoms with van der Waals surface area (Å²) in [7, 11) is 0. The highest BCUT2D eigenvalue weighted by atomic mass is 19.4. The van der Waals surface area contributed by atoms with Gasteiger partial charge in [0.05, 0.1) is 5.56 Å². The molecule has 0 spiro atoms. The van der Waals surface area contributed by atoms with Gasteiger partial charge in [-0.3, -0.25) is 0 Å². The number of alkyl halides is 3. The summed E-state index contributed by atoms with van der Waals surface area (Å²) < 4.78 is 37.0. The Morgan fingerprint density at radius 1 is 1.12 bits per heavy atom. The summed E-state index contributed by atoms with van der Waals surface area (Å²) in [6.45, 7) is 4.47. The van der Waals surface area contributed by atoms with Crippen LogP contribution in [0.3, 0.4) is 0 Å².